The Labute approximate surface area is 185 Å². The molecule has 4 aromatic rings. The largest absolute Gasteiger partial charge is 0.497 e. The molecule has 29 heavy (non-hydrogen) atoms. The average molecular weight is 468 g/mol. The van der Waals surface area contributed by atoms with E-state index in [0.717, 1.165) is 16.0 Å². The Kier molecular flexibility index (Phi) is 5.40. The first-order chi connectivity index (χ1) is 13.9. The van der Waals surface area contributed by atoms with E-state index in [2.05, 4.69) is 15.4 Å². The number of hydrogen-bond acceptors (Lipinski definition) is 5. The molecule has 0 atom stereocenters. The number of halogens is 3. The summed E-state index contributed by atoms with van der Waals surface area (Å²) < 4.78 is 7.76. The number of fused-ring (bicyclic) bond motifs is 1. The second-order valence-corrected chi connectivity index (χ2v) is 8.29. The van der Waals surface area contributed by atoms with E-state index in [4.69, 9.17) is 39.5 Å². The molecule has 0 aliphatic rings. The van der Waals surface area contributed by atoms with Crippen LogP contribution in [0, 0.1) is 6.92 Å². The lowest BCUT2D eigenvalue weighted by Crippen LogP contribution is -2.16. The number of aryl methyl sites for hydroxylation is 1. The lowest BCUT2D eigenvalue weighted by Gasteiger charge is -2.10. The zero-order valence-electron chi connectivity index (χ0n) is 15.2. The Balaban J connectivity index is 1.73. The zero-order chi connectivity index (χ0) is 20.7. The molecular formula is C19H13Cl3N4O2S. The lowest BCUT2D eigenvalue weighted by molar-refractivity contribution is 0.102. The summed E-state index contributed by atoms with van der Waals surface area (Å²) in [7, 11) is 1.61. The SMILES string of the molecule is COc1ccc2nc(-n3nc(C)cc3NC(=O)c3c(Cl)ccc(Cl)c3Cl)sc2c1. The summed E-state index contributed by atoms with van der Waals surface area (Å²) in [6, 6.07) is 10.4. The van der Waals surface area contributed by atoms with Gasteiger partial charge in [-0.3, -0.25) is 4.79 Å². The molecule has 0 aliphatic heterocycles. The third kappa shape index (κ3) is 3.79. The van der Waals surface area contributed by atoms with Gasteiger partial charge in [-0.2, -0.15) is 9.78 Å². The normalized spacial score (nSPS) is 11.1. The highest BCUT2D eigenvalue weighted by Crippen LogP contribution is 2.33. The summed E-state index contributed by atoms with van der Waals surface area (Å²) in [5, 5.41) is 8.38. The van der Waals surface area contributed by atoms with Crippen molar-refractivity contribution in [1.29, 1.82) is 0 Å². The van der Waals surface area contributed by atoms with E-state index in [1.807, 2.05) is 25.1 Å². The maximum Gasteiger partial charge on any atom is 0.259 e. The number of hydrogen-bond donors (Lipinski definition) is 1. The number of nitrogens with one attached hydrogen (secondary N) is 1. The standard InChI is InChI=1S/C19H13Cl3N4O2S/c1-9-7-15(24-18(27)16-11(20)4-5-12(21)17(16)22)26(25-9)19-23-13-6-3-10(28-2)8-14(13)29-19/h3-8H,1-2H3,(H,24,27). The van der Waals surface area contributed by atoms with Gasteiger partial charge in [-0.25, -0.2) is 4.98 Å². The number of nitrogens with zero attached hydrogens (tertiary/aromatic N) is 3. The number of carbonyl (C=O) groups is 1. The molecule has 2 aromatic heterocycles. The van der Waals surface area contributed by atoms with Gasteiger partial charge >= 0.3 is 0 Å². The number of benzene rings is 2. The first-order valence-electron chi connectivity index (χ1n) is 8.34. The summed E-state index contributed by atoms with van der Waals surface area (Å²) in [4.78, 5) is 17.4. The van der Waals surface area contributed by atoms with E-state index >= 15 is 0 Å². The van der Waals surface area contributed by atoms with E-state index in [9.17, 15) is 4.79 Å². The van der Waals surface area contributed by atoms with Crippen LogP contribution in [0.4, 0.5) is 5.82 Å². The zero-order valence-corrected chi connectivity index (χ0v) is 18.2. The maximum absolute atomic E-state index is 12.8. The molecule has 1 N–H and O–H groups in total. The summed E-state index contributed by atoms with van der Waals surface area (Å²) >= 11 is 19.8. The minimum Gasteiger partial charge on any atom is -0.497 e. The fraction of sp³-hybridized carbons (Fsp3) is 0.105. The van der Waals surface area contributed by atoms with Crippen LogP contribution >= 0.6 is 46.1 Å². The van der Waals surface area contributed by atoms with Gasteiger partial charge in [0, 0.05) is 6.07 Å². The van der Waals surface area contributed by atoms with Gasteiger partial charge < -0.3 is 10.1 Å². The van der Waals surface area contributed by atoms with Crippen LogP contribution in [-0.2, 0) is 0 Å². The van der Waals surface area contributed by atoms with Crippen molar-refractivity contribution in [3.63, 3.8) is 0 Å². The van der Waals surface area contributed by atoms with Crippen molar-refractivity contribution in [3.05, 3.63) is 62.7 Å². The number of rotatable bonds is 4. The van der Waals surface area contributed by atoms with Gasteiger partial charge in [0.05, 0.1) is 43.7 Å². The molecule has 0 saturated heterocycles. The molecule has 2 heterocycles. The van der Waals surface area contributed by atoms with Crippen molar-refractivity contribution in [2.75, 3.05) is 12.4 Å². The van der Waals surface area contributed by atoms with Crippen LogP contribution in [0.5, 0.6) is 5.75 Å². The first kappa shape index (κ1) is 20.0. The van der Waals surface area contributed by atoms with Crippen molar-refractivity contribution in [3.8, 4) is 10.9 Å². The second kappa shape index (κ2) is 7.84. The van der Waals surface area contributed by atoms with Crippen LogP contribution in [0.2, 0.25) is 15.1 Å². The monoisotopic (exact) mass is 466 g/mol. The maximum atomic E-state index is 12.8. The number of carbonyl (C=O) groups excluding carboxylic acids is 1. The van der Waals surface area contributed by atoms with Crippen molar-refractivity contribution >= 4 is 68.1 Å². The first-order valence-corrected chi connectivity index (χ1v) is 10.3. The highest BCUT2D eigenvalue weighted by Gasteiger charge is 2.20. The summed E-state index contributed by atoms with van der Waals surface area (Å²) in [5.41, 5.74) is 1.61. The molecule has 2 aromatic carbocycles. The molecule has 6 nitrogen and oxygen atoms in total. The molecule has 0 saturated carbocycles. The minimum absolute atomic E-state index is 0.0894. The molecule has 10 heteroatoms. The number of anilines is 1. The molecule has 0 bridgehead atoms. The molecule has 0 spiro atoms. The Morgan fingerprint density at radius 1 is 1.14 bits per heavy atom. The number of aromatic nitrogens is 3. The van der Waals surface area contributed by atoms with Crippen molar-refractivity contribution < 1.29 is 9.53 Å². The van der Waals surface area contributed by atoms with E-state index < -0.39 is 5.91 Å². The van der Waals surface area contributed by atoms with Gasteiger partial charge in [0.1, 0.15) is 11.6 Å². The van der Waals surface area contributed by atoms with Gasteiger partial charge in [-0.15, -0.1) is 0 Å². The molecule has 0 radical (unpaired) electrons. The third-order valence-electron chi connectivity index (χ3n) is 4.11. The fourth-order valence-electron chi connectivity index (χ4n) is 2.76. The number of thiazole rings is 1. The van der Waals surface area contributed by atoms with Crippen molar-refractivity contribution in [2.24, 2.45) is 0 Å². The average Bonchev–Trinajstić information content (AvgIpc) is 3.27. The van der Waals surface area contributed by atoms with Crippen LogP contribution in [0.3, 0.4) is 0 Å². The van der Waals surface area contributed by atoms with Crippen LogP contribution in [0.25, 0.3) is 15.3 Å². The molecule has 0 fully saturated rings. The highest BCUT2D eigenvalue weighted by atomic mass is 35.5. The third-order valence-corrected chi connectivity index (χ3v) is 6.22. The van der Waals surface area contributed by atoms with Crippen LogP contribution in [0.1, 0.15) is 16.1 Å². The summed E-state index contributed by atoms with van der Waals surface area (Å²) in [6.45, 7) is 1.82. The van der Waals surface area contributed by atoms with Crippen LogP contribution < -0.4 is 10.1 Å². The molecule has 148 valence electrons. The van der Waals surface area contributed by atoms with E-state index in [1.165, 1.54) is 23.5 Å². The van der Waals surface area contributed by atoms with E-state index in [-0.39, 0.29) is 20.6 Å². The summed E-state index contributed by atoms with van der Waals surface area (Å²) in [6.07, 6.45) is 0. The number of methoxy groups -OCH3 is 1. The van der Waals surface area contributed by atoms with Gasteiger partial charge in [0.2, 0.25) is 5.13 Å². The lowest BCUT2D eigenvalue weighted by atomic mass is 10.2. The van der Waals surface area contributed by atoms with E-state index in [0.29, 0.717) is 16.6 Å². The van der Waals surface area contributed by atoms with Crippen molar-refractivity contribution in [1.82, 2.24) is 14.8 Å². The van der Waals surface area contributed by atoms with Gasteiger partial charge in [-0.1, -0.05) is 46.1 Å². The molecule has 4 rings (SSSR count). The Morgan fingerprint density at radius 3 is 2.66 bits per heavy atom. The number of amides is 1. The molecule has 1 amide bonds. The minimum atomic E-state index is -0.494. The van der Waals surface area contributed by atoms with Gasteiger partial charge in [0.15, 0.2) is 0 Å². The topological polar surface area (TPSA) is 69.0 Å². The molecule has 0 unspecified atom stereocenters. The summed E-state index contributed by atoms with van der Waals surface area (Å²) in [5.74, 6) is 0.681. The van der Waals surface area contributed by atoms with E-state index in [1.54, 1.807) is 17.9 Å². The van der Waals surface area contributed by atoms with Gasteiger partial charge in [0.25, 0.3) is 5.91 Å². The predicted octanol–water partition coefficient (Wildman–Crippen LogP) is 6.01. The smallest absolute Gasteiger partial charge is 0.259 e. The predicted molar refractivity (Wildman–Crippen MR) is 117 cm³/mol. The van der Waals surface area contributed by atoms with Crippen LogP contribution in [-0.4, -0.2) is 27.8 Å². The molecular weight excluding hydrogens is 455 g/mol. The number of ether oxygens (including phenoxy) is 1. The van der Waals surface area contributed by atoms with Gasteiger partial charge in [-0.05, 0) is 37.3 Å². The highest BCUT2D eigenvalue weighted by molar-refractivity contribution is 7.20. The second-order valence-electron chi connectivity index (χ2n) is 6.09. The Morgan fingerprint density at radius 2 is 1.90 bits per heavy atom. The van der Waals surface area contributed by atoms with Crippen molar-refractivity contribution in [2.45, 2.75) is 6.92 Å². The fourth-order valence-corrected chi connectivity index (χ4v) is 4.42. The quantitative estimate of drug-likeness (QED) is 0.373. The Hall–Kier alpha value is -2.32. The molecule has 0 aliphatic carbocycles. The Bertz CT molecular complexity index is 1250. The van der Waals surface area contributed by atoms with Crippen LogP contribution in [0.15, 0.2) is 36.4 Å².